The molecule has 0 aliphatic carbocycles. The molecule has 0 fully saturated rings. The van der Waals surface area contributed by atoms with Crippen LogP contribution >= 0.6 is 0 Å². The van der Waals surface area contributed by atoms with Gasteiger partial charge in [-0.25, -0.2) is 0 Å². The lowest BCUT2D eigenvalue weighted by Crippen LogP contribution is -2.04. The van der Waals surface area contributed by atoms with E-state index >= 15 is 0 Å². The molecule has 0 amide bonds. The summed E-state index contributed by atoms with van der Waals surface area (Å²) in [5.74, 6) is 0.786. The van der Waals surface area contributed by atoms with Gasteiger partial charge in [0.05, 0.1) is 6.61 Å². The Morgan fingerprint density at radius 3 is 2.58 bits per heavy atom. The van der Waals surface area contributed by atoms with Gasteiger partial charge in [-0.2, -0.15) is 0 Å². The number of carbonyl (C=O) groups is 1. The summed E-state index contributed by atoms with van der Waals surface area (Å²) in [6.07, 6.45) is 2.66. The molecule has 98 valence electrons. The largest absolute Gasteiger partial charge is 0.494 e. The predicted molar refractivity (Wildman–Crippen MR) is 74.6 cm³/mol. The molecule has 0 N–H and O–H groups in total. The summed E-state index contributed by atoms with van der Waals surface area (Å²) >= 11 is 0. The van der Waals surface area contributed by atoms with Crippen LogP contribution in [0.1, 0.15) is 35.0 Å². The molecular formula is C16H17NO2. The van der Waals surface area contributed by atoms with Crippen molar-refractivity contribution in [1.29, 1.82) is 0 Å². The lowest BCUT2D eigenvalue weighted by Gasteiger charge is -2.06. The van der Waals surface area contributed by atoms with Gasteiger partial charge in [0.2, 0.25) is 0 Å². The summed E-state index contributed by atoms with van der Waals surface area (Å²) in [5.41, 5.74) is 2.04. The van der Waals surface area contributed by atoms with Crippen LogP contribution in [-0.2, 0) is 0 Å². The van der Waals surface area contributed by atoms with E-state index in [2.05, 4.69) is 11.9 Å². The fraction of sp³-hybridized carbons (Fsp3) is 0.250. The van der Waals surface area contributed by atoms with Crippen LogP contribution in [0.3, 0.4) is 0 Å². The molecule has 0 saturated heterocycles. The van der Waals surface area contributed by atoms with Gasteiger partial charge in [-0.1, -0.05) is 6.92 Å². The Bertz CT molecular complexity index is 561. The lowest BCUT2D eigenvalue weighted by atomic mass is 10.0. The summed E-state index contributed by atoms with van der Waals surface area (Å²) in [4.78, 5) is 16.4. The zero-order chi connectivity index (χ0) is 13.7. The van der Waals surface area contributed by atoms with E-state index in [-0.39, 0.29) is 5.78 Å². The van der Waals surface area contributed by atoms with Crippen LogP contribution in [0.4, 0.5) is 0 Å². The lowest BCUT2D eigenvalue weighted by molar-refractivity contribution is 0.103. The number of aromatic nitrogens is 1. The number of carbonyl (C=O) groups excluding carboxylic acids is 1. The normalized spacial score (nSPS) is 10.2. The summed E-state index contributed by atoms with van der Waals surface area (Å²) in [6, 6.07) is 10.8. The molecule has 0 aliphatic heterocycles. The highest BCUT2D eigenvalue weighted by Crippen LogP contribution is 2.16. The third kappa shape index (κ3) is 3.19. The van der Waals surface area contributed by atoms with Crippen LogP contribution < -0.4 is 4.74 Å². The number of hydrogen-bond acceptors (Lipinski definition) is 3. The molecule has 0 aliphatic rings. The van der Waals surface area contributed by atoms with E-state index < -0.39 is 0 Å². The molecule has 2 aromatic rings. The van der Waals surface area contributed by atoms with Gasteiger partial charge in [-0.3, -0.25) is 9.78 Å². The van der Waals surface area contributed by atoms with Crippen molar-refractivity contribution in [3.8, 4) is 5.75 Å². The average molecular weight is 255 g/mol. The zero-order valence-corrected chi connectivity index (χ0v) is 11.2. The number of benzene rings is 1. The number of pyridine rings is 1. The molecule has 0 atom stereocenters. The first-order valence-electron chi connectivity index (χ1n) is 6.41. The van der Waals surface area contributed by atoms with Gasteiger partial charge in [0, 0.05) is 23.0 Å². The van der Waals surface area contributed by atoms with Gasteiger partial charge in [0.15, 0.2) is 5.78 Å². The summed E-state index contributed by atoms with van der Waals surface area (Å²) in [7, 11) is 0. The molecule has 0 spiro atoms. The van der Waals surface area contributed by atoms with Crippen molar-refractivity contribution in [2.75, 3.05) is 6.61 Å². The molecule has 0 radical (unpaired) electrons. The van der Waals surface area contributed by atoms with Crippen molar-refractivity contribution < 1.29 is 9.53 Å². The maximum absolute atomic E-state index is 12.3. The first-order chi connectivity index (χ1) is 9.22. The second kappa shape index (κ2) is 6.14. The topological polar surface area (TPSA) is 39.2 Å². The van der Waals surface area contributed by atoms with Gasteiger partial charge in [-0.15, -0.1) is 0 Å². The van der Waals surface area contributed by atoms with E-state index in [1.807, 2.05) is 19.1 Å². The van der Waals surface area contributed by atoms with Gasteiger partial charge in [0.25, 0.3) is 0 Å². The molecule has 19 heavy (non-hydrogen) atoms. The highest BCUT2D eigenvalue weighted by Gasteiger charge is 2.11. The second-order valence-corrected chi connectivity index (χ2v) is 4.34. The summed E-state index contributed by atoms with van der Waals surface area (Å²) < 4.78 is 5.50. The predicted octanol–water partition coefficient (Wildman–Crippen LogP) is 3.41. The molecule has 3 nitrogen and oxygen atoms in total. The number of hydrogen-bond donors (Lipinski definition) is 0. The van der Waals surface area contributed by atoms with E-state index in [0.29, 0.717) is 17.7 Å². The van der Waals surface area contributed by atoms with Crippen LogP contribution in [0.25, 0.3) is 0 Å². The third-order valence-corrected chi connectivity index (χ3v) is 2.84. The Balaban J connectivity index is 2.18. The van der Waals surface area contributed by atoms with Crippen LogP contribution in [0.2, 0.25) is 0 Å². The monoisotopic (exact) mass is 255 g/mol. The molecule has 0 saturated carbocycles. The zero-order valence-electron chi connectivity index (χ0n) is 11.2. The van der Waals surface area contributed by atoms with Gasteiger partial charge < -0.3 is 4.74 Å². The molecule has 3 heteroatoms. The number of ether oxygens (including phenoxy) is 1. The molecule has 1 aromatic heterocycles. The summed E-state index contributed by atoms with van der Waals surface area (Å²) in [5, 5.41) is 0. The van der Waals surface area contributed by atoms with Gasteiger partial charge in [0.1, 0.15) is 5.75 Å². The standard InChI is InChI=1S/C16H17NO2/c1-3-11-19-14-8-6-13(7-9-14)16(18)15-5-4-10-17-12(15)2/h4-10H,3,11H2,1-2H3. The van der Waals surface area contributed by atoms with Crippen molar-refractivity contribution in [2.45, 2.75) is 20.3 Å². The van der Waals surface area contributed by atoms with Crippen molar-refractivity contribution in [3.05, 3.63) is 59.4 Å². The Kier molecular flexibility index (Phi) is 4.29. The number of aryl methyl sites for hydroxylation is 1. The third-order valence-electron chi connectivity index (χ3n) is 2.84. The highest BCUT2D eigenvalue weighted by atomic mass is 16.5. The van der Waals surface area contributed by atoms with Crippen molar-refractivity contribution in [2.24, 2.45) is 0 Å². The minimum atomic E-state index is -0.00681. The summed E-state index contributed by atoms with van der Waals surface area (Å²) in [6.45, 7) is 4.59. The fourth-order valence-electron chi connectivity index (χ4n) is 1.80. The minimum Gasteiger partial charge on any atom is -0.494 e. The molecular weight excluding hydrogens is 238 g/mol. The first-order valence-corrected chi connectivity index (χ1v) is 6.41. The maximum Gasteiger partial charge on any atom is 0.194 e. The van der Waals surface area contributed by atoms with Crippen molar-refractivity contribution in [3.63, 3.8) is 0 Å². The van der Waals surface area contributed by atoms with Crippen molar-refractivity contribution in [1.82, 2.24) is 4.98 Å². The molecule has 2 rings (SSSR count). The number of ketones is 1. The molecule has 1 aromatic carbocycles. The molecule has 1 heterocycles. The van der Waals surface area contributed by atoms with Crippen molar-refractivity contribution >= 4 is 5.78 Å². The molecule has 0 unspecified atom stereocenters. The van der Waals surface area contributed by atoms with E-state index in [0.717, 1.165) is 17.9 Å². The van der Waals surface area contributed by atoms with E-state index in [4.69, 9.17) is 4.74 Å². The Hall–Kier alpha value is -2.16. The highest BCUT2D eigenvalue weighted by molar-refractivity contribution is 6.09. The number of nitrogens with zero attached hydrogens (tertiary/aromatic N) is 1. The van der Waals surface area contributed by atoms with E-state index in [9.17, 15) is 4.79 Å². The Labute approximate surface area is 113 Å². The van der Waals surface area contributed by atoms with Crippen LogP contribution in [-0.4, -0.2) is 17.4 Å². The smallest absolute Gasteiger partial charge is 0.194 e. The Morgan fingerprint density at radius 1 is 1.21 bits per heavy atom. The SMILES string of the molecule is CCCOc1ccc(C(=O)c2cccnc2C)cc1. The first kappa shape index (κ1) is 13.3. The molecule has 0 bridgehead atoms. The Morgan fingerprint density at radius 2 is 1.95 bits per heavy atom. The van der Waals surface area contributed by atoms with E-state index in [1.165, 1.54) is 0 Å². The van der Waals surface area contributed by atoms with Gasteiger partial charge >= 0.3 is 0 Å². The van der Waals surface area contributed by atoms with Crippen LogP contribution in [0.5, 0.6) is 5.75 Å². The van der Waals surface area contributed by atoms with Crippen LogP contribution in [0.15, 0.2) is 42.6 Å². The average Bonchev–Trinajstić information content (AvgIpc) is 2.45. The quantitative estimate of drug-likeness (QED) is 0.768. The van der Waals surface area contributed by atoms with E-state index in [1.54, 1.807) is 30.5 Å². The second-order valence-electron chi connectivity index (χ2n) is 4.34. The number of rotatable bonds is 5. The fourth-order valence-corrected chi connectivity index (χ4v) is 1.80. The van der Waals surface area contributed by atoms with Crippen LogP contribution in [0, 0.1) is 6.92 Å². The minimum absolute atomic E-state index is 0.00681. The van der Waals surface area contributed by atoms with Gasteiger partial charge in [-0.05, 0) is 49.7 Å². The maximum atomic E-state index is 12.3.